The first-order chi connectivity index (χ1) is 14.1. The van der Waals surface area contributed by atoms with E-state index in [1.165, 1.54) is 18.1 Å². The summed E-state index contributed by atoms with van der Waals surface area (Å²) >= 11 is 7.31. The fourth-order valence-electron chi connectivity index (χ4n) is 2.54. The number of anilines is 1. The topological polar surface area (TPSA) is 95.0 Å². The minimum absolute atomic E-state index is 0.200. The number of pyridine rings is 2. The van der Waals surface area contributed by atoms with E-state index in [1.807, 2.05) is 6.07 Å². The van der Waals surface area contributed by atoms with Gasteiger partial charge < -0.3 is 28.6 Å². The SMILES string of the molecule is COCCOC(=O)N1CCOc2ncc(NSc3cc(Cl)cnc3OC)cc2C1. The third kappa shape index (κ3) is 5.78. The molecular weight excluding hydrogens is 420 g/mol. The molecule has 3 heterocycles. The van der Waals surface area contributed by atoms with Crippen molar-refractivity contribution in [3.8, 4) is 11.8 Å². The highest BCUT2D eigenvalue weighted by molar-refractivity contribution is 8.00. The smallest absolute Gasteiger partial charge is 0.410 e. The van der Waals surface area contributed by atoms with E-state index in [0.717, 1.165) is 16.1 Å². The van der Waals surface area contributed by atoms with Gasteiger partial charge in [-0.25, -0.2) is 14.8 Å². The van der Waals surface area contributed by atoms with Crippen molar-refractivity contribution >= 4 is 35.3 Å². The van der Waals surface area contributed by atoms with Gasteiger partial charge in [-0.1, -0.05) is 11.6 Å². The Morgan fingerprint density at radius 3 is 2.97 bits per heavy atom. The summed E-state index contributed by atoms with van der Waals surface area (Å²) in [7, 11) is 3.10. The molecule has 0 atom stereocenters. The summed E-state index contributed by atoms with van der Waals surface area (Å²) in [6.07, 6.45) is 2.76. The van der Waals surface area contributed by atoms with E-state index < -0.39 is 6.09 Å². The van der Waals surface area contributed by atoms with E-state index in [-0.39, 0.29) is 6.61 Å². The van der Waals surface area contributed by atoms with Gasteiger partial charge in [0, 0.05) is 18.9 Å². The average Bonchev–Trinajstić information content (AvgIpc) is 2.94. The van der Waals surface area contributed by atoms with Crippen molar-refractivity contribution in [2.24, 2.45) is 0 Å². The normalized spacial score (nSPS) is 13.1. The van der Waals surface area contributed by atoms with Crippen LogP contribution in [0.3, 0.4) is 0 Å². The third-order valence-corrected chi connectivity index (χ3v) is 4.97. The van der Waals surface area contributed by atoms with Gasteiger partial charge in [0.2, 0.25) is 11.8 Å². The zero-order valence-corrected chi connectivity index (χ0v) is 17.6. The van der Waals surface area contributed by atoms with Crippen molar-refractivity contribution in [1.29, 1.82) is 0 Å². The quantitative estimate of drug-likeness (QED) is 0.514. The lowest BCUT2D eigenvalue weighted by Crippen LogP contribution is -2.33. The van der Waals surface area contributed by atoms with E-state index in [0.29, 0.717) is 43.1 Å². The van der Waals surface area contributed by atoms with E-state index in [9.17, 15) is 4.79 Å². The molecule has 0 aromatic carbocycles. The van der Waals surface area contributed by atoms with Gasteiger partial charge in [0.05, 0.1) is 48.6 Å². The van der Waals surface area contributed by atoms with E-state index in [1.54, 1.807) is 31.4 Å². The zero-order chi connectivity index (χ0) is 20.6. The number of methoxy groups -OCH3 is 2. The first kappa shape index (κ1) is 21.3. The number of hydrogen-bond acceptors (Lipinski definition) is 9. The largest absolute Gasteiger partial charge is 0.480 e. The molecule has 11 heteroatoms. The molecule has 3 rings (SSSR count). The maximum Gasteiger partial charge on any atom is 0.410 e. The van der Waals surface area contributed by atoms with Crippen LogP contribution in [0.25, 0.3) is 0 Å². The van der Waals surface area contributed by atoms with Gasteiger partial charge in [-0.15, -0.1) is 0 Å². The lowest BCUT2D eigenvalue weighted by atomic mass is 10.2. The Hall–Kier alpha value is -2.43. The predicted molar refractivity (Wildman–Crippen MR) is 109 cm³/mol. The minimum Gasteiger partial charge on any atom is -0.480 e. The molecule has 1 aliphatic rings. The number of fused-ring (bicyclic) bond motifs is 1. The number of carbonyl (C=O) groups is 1. The Kier molecular flexibility index (Phi) is 7.62. The first-order valence-electron chi connectivity index (χ1n) is 8.75. The second kappa shape index (κ2) is 10.4. The van der Waals surface area contributed by atoms with Gasteiger partial charge >= 0.3 is 6.09 Å². The highest BCUT2D eigenvalue weighted by Gasteiger charge is 2.22. The molecule has 9 nitrogen and oxygen atoms in total. The molecule has 0 unspecified atom stereocenters. The van der Waals surface area contributed by atoms with Crippen molar-refractivity contribution in [1.82, 2.24) is 14.9 Å². The van der Waals surface area contributed by atoms with Crippen LogP contribution in [0.1, 0.15) is 5.56 Å². The van der Waals surface area contributed by atoms with Crippen molar-refractivity contribution in [2.45, 2.75) is 11.4 Å². The van der Waals surface area contributed by atoms with Gasteiger partial charge in [0.15, 0.2) is 0 Å². The van der Waals surface area contributed by atoms with Crippen LogP contribution in [0.2, 0.25) is 5.02 Å². The molecule has 0 aliphatic carbocycles. The Bertz CT molecular complexity index is 857. The summed E-state index contributed by atoms with van der Waals surface area (Å²) < 4.78 is 24.2. The predicted octanol–water partition coefficient (Wildman–Crippen LogP) is 3.24. The Balaban J connectivity index is 1.68. The summed E-state index contributed by atoms with van der Waals surface area (Å²) in [6.45, 7) is 1.63. The number of amides is 1. The van der Waals surface area contributed by atoms with Crippen LogP contribution in [0, 0.1) is 0 Å². The van der Waals surface area contributed by atoms with E-state index in [4.69, 9.17) is 30.5 Å². The number of aromatic nitrogens is 2. The van der Waals surface area contributed by atoms with Crippen molar-refractivity contribution in [2.75, 3.05) is 45.3 Å². The van der Waals surface area contributed by atoms with Gasteiger partial charge in [0.1, 0.15) is 13.2 Å². The number of hydrogen-bond donors (Lipinski definition) is 1. The molecule has 156 valence electrons. The first-order valence-corrected chi connectivity index (χ1v) is 9.95. The molecular formula is C18H21ClN4O5S. The molecule has 0 saturated heterocycles. The maximum atomic E-state index is 12.3. The standard InChI is InChI=1S/C18H21ClN4O5S/c1-25-5-6-28-18(24)23-3-4-27-16-12(11-23)7-14(10-21-16)22-29-15-8-13(19)9-20-17(15)26-2/h7-10,22H,3-6,11H2,1-2H3. The van der Waals surface area contributed by atoms with Crippen LogP contribution in [0.4, 0.5) is 10.5 Å². The van der Waals surface area contributed by atoms with E-state index >= 15 is 0 Å². The van der Waals surface area contributed by atoms with Crippen molar-refractivity contribution in [3.05, 3.63) is 35.1 Å². The molecule has 0 saturated carbocycles. The van der Waals surface area contributed by atoms with Gasteiger partial charge in [0.25, 0.3) is 0 Å². The molecule has 0 bridgehead atoms. The Labute approximate surface area is 177 Å². The molecule has 2 aromatic heterocycles. The monoisotopic (exact) mass is 440 g/mol. The van der Waals surface area contributed by atoms with Gasteiger partial charge in [-0.3, -0.25) is 0 Å². The molecule has 1 aliphatic heterocycles. The fraction of sp³-hybridized carbons (Fsp3) is 0.389. The van der Waals surface area contributed by atoms with E-state index in [2.05, 4.69) is 14.7 Å². The molecule has 0 fully saturated rings. The van der Waals surface area contributed by atoms with Gasteiger partial charge in [-0.2, -0.15) is 0 Å². The van der Waals surface area contributed by atoms with Crippen LogP contribution in [0.5, 0.6) is 11.8 Å². The highest BCUT2D eigenvalue weighted by Crippen LogP contribution is 2.32. The molecule has 2 aromatic rings. The maximum absolute atomic E-state index is 12.3. The zero-order valence-electron chi connectivity index (χ0n) is 16.0. The summed E-state index contributed by atoms with van der Waals surface area (Å²) in [5, 5.41) is 0.506. The van der Waals surface area contributed by atoms with Crippen molar-refractivity contribution < 1.29 is 23.7 Å². The number of carbonyl (C=O) groups excluding carboxylic acids is 1. The summed E-state index contributed by atoms with van der Waals surface area (Å²) in [6, 6.07) is 3.63. The molecule has 0 spiro atoms. The summed E-state index contributed by atoms with van der Waals surface area (Å²) in [5.74, 6) is 0.956. The molecule has 1 N–H and O–H groups in total. The second-order valence-electron chi connectivity index (χ2n) is 5.93. The third-order valence-electron chi connectivity index (χ3n) is 3.91. The summed E-state index contributed by atoms with van der Waals surface area (Å²) in [4.78, 5) is 23.0. The van der Waals surface area contributed by atoms with Gasteiger partial charge in [-0.05, 0) is 24.1 Å². The lowest BCUT2D eigenvalue weighted by Gasteiger charge is -2.19. The highest BCUT2D eigenvalue weighted by atomic mass is 35.5. The van der Waals surface area contributed by atoms with Crippen LogP contribution in [-0.2, 0) is 16.0 Å². The number of nitrogens with zero attached hydrogens (tertiary/aromatic N) is 3. The van der Waals surface area contributed by atoms with Crippen LogP contribution in [0.15, 0.2) is 29.4 Å². The molecule has 29 heavy (non-hydrogen) atoms. The summed E-state index contributed by atoms with van der Waals surface area (Å²) in [5.41, 5.74) is 1.50. The fourth-order valence-corrected chi connectivity index (χ4v) is 3.51. The second-order valence-corrected chi connectivity index (χ2v) is 7.22. The molecule has 0 radical (unpaired) electrons. The average molecular weight is 441 g/mol. The number of halogens is 1. The lowest BCUT2D eigenvalue weighted by molar-refractivity contribution is 0.0687. The van der Waals surface area contributed by atoms with Crippen LogP contribution in [-0.4, -0.2) is 61.5 Å². The van der Waals surface area contributed by atoms with Crippen LogP contribution < -0.4 is 14.2 Å². The van der Waals surface area contributed by atoms with Crippen molar-refractivity contribution in [3.63, 3.8) is 0 Å². The molecule has 1 amide bonds. The number of nitrogens with one attached hydrogen (secondary N) is 1. The Morgan fingerprint density at radius 1 is 1.31 bits per heavy atom. The number of ether oxygens (including phenoxy) is 4. The van der Waals surface area contributed by atoms with Crippen LogP contribution >= 0.6 is 23.5 Å². The Morgan fingerprint density at radius 2 is 2.17 bits per heavy atom. The minimum atomic E-state index is -0.416. The number of rotatable bonds is 7.